The number of anilines is 1. The van der Waals surface area contributed by atoms with E-state index in [-0.39, 0.29) is 16.6 Å². The highest BCUT2D eigenvalue weighted by atomic mass is 32.1. The van der Waals surface area contributed by atoms with E-state index < -0.39 is 17.8 Å². The van der Waals surface area contributed by atoms with Gasteiger partial charge in [-0.25, -0.2) is 15.0 Å². The number of alkyl halides is 3. The summed E-state index contributed by atoms with van der Waals surface area (Å²) in [6.07, 6.45) is -3.05. The molecule has 0 bridgehead atoms. The molecule has 0 atom stereocenters. The standard InChI is InChI=1S/C15H10F3N5OS/c1-8-20-10(6-12(21-8)15(16,17)18)13(24)23-14-22-11(7-25-14)9-4-2-3-5-19-9/h2-7H,1H3,(H,22,23,24). The molecule has 3 heterocycles. The van der Waals surface area contributed by atoms with Crippen LogP contribution in [0, 0.1) is 6.92 Å². The lowest BCUT2D eigenvalue weighted by molar-refractivity contribution is -0.141. The highest BCUT2D eigenvalue weighted by Gasteiger charge is 2.34. The topological polar surface area (TPSA) is 80.7 Å². The molecule has 0 unspecified atom stereocenters. The number of pyridine rings is 1. The molecule has 25 heavy (non-hydrogen) atoms. The van der Waals surface area contributed by atoms with E-state index in [1.54, 1.807) is 29.8 Å². The Morgan fingerprint density at radius 1 is 1.16 bits per heavy atom. The maximum absolute atomic E-state index is 12.8. The first-order valence-corrected chi connectivity index (χ1v) is 7.82. The summed E-state index contributed by atoms with van der Waals surface area (Å²) in [5, 5.41) is 4.35. The molecule has 0 spiro atoms. The lowest BCUT2D eigenvalue weighted by atomic mass is 10.3. The third-order valence-corrected chi connectivity index (χ3v) is 3.77. The zero-order chi connectivity index (χ0) is 18.0. The number of carbonyl (C=O) groups is 1. The largest absolute Gasteiger partial charge is 0.433 e. The fourth-order valence-electron chi connectivity index (χ4n) is 1.95. The van der Waals surface area contributed by atoms with Crippen LogP contribution in [0.4, 0.5) is 18.3 Å². The minimum absolute atomic E-state index is 0.145. The number of nitrogens with zero attached hydrogens (tertiary/aromatic N) is 4. The minimum atomic E-state index is -4.66. The minimum Gasteiger partial charge on any atom is -0.296 e. The van der Waals surface area contributed by atoms with E-state index in [4.69, 9.17) is 0 Å². The third kappa shape index (κ3) is 3.97. The fourth-order valence-corrected chi connectivity index (χ4v) is 2.65. The van der Waals surface area contributed by atoms with Crippen LogP contribution in [0.3, 0.4) is 0 Å². The molecule has 0 saturated carbocycles. The van der Waals surface area contributed by atoms with Crippen molar-refractivity contribution in [1.29, 1.82) is 0 Å². The Bertz CT molecular complexity index is 911. The summed E-state index contributed by atoms with van der Waals surface area (Å²) >= 11 is 1.13. The van der Waals surface area contributed by atoms with Gasteiger partial charge in [0.25, 0.3) is 5.91 Å². The van der Waals surface area contributed by atoms with Crippen LogP contribution < -0.4 is 5.32 Å². The van der Waals surface area contributed by atoms with Crippen molar-refractivity contribution >= 4 is 22.4 Å². The number of halogens is 3. The maximum atomic E-state index is 12.8. The molecule has 0 aliphatic rings. The first-order chi connectivity index (χ1) is 11.8. The van der Waals surface area contributed by atoms with Crippen molar-refractivity contribution in [2.45, 2.75) is 13.1 Å². The summed E-state index contributed by atoms with van der Waals surface area (Å²) in [4.78, 5) is 27.6. The molecular formula is C15H10F3N5OS. The molecular weight excluding hydrogens is 355 g/mol. The second kappa shape index (κ2) is 6.55. The molecule has 0 aromatic carbocycles. The Labute approximate surface area is 143 Å². The quantitative estimate of drug-likeness (QED) is 0.767. The zero-order valence-corrected chi connectivity index (χ0v) is 13.5. The van der Waals surface area contributed by atoms with Crippen LogP contribution in [0.15, 0.2) is 35.8 Å². The fraction of sp³-hybridized carbons (Fsp3) is 0.133. The smallest absolute Gasteiger partial charge is 0.296 e. The van der Waals surface area contributed by atoms with Crippen LogP contribution in [0.5, 0.6) is 0 Å². The van der Waals surface area contributed by atoms with Crippen molar-refractivity contribution in [3.05, 3.63) is 53.1 Å². The number of hydrogen-bond acceptors (Lipinski definition) is 6. The Balaban J connectivity index is 1.82. The SMILES string of the molecule is Cc1nc(C(=O)Nc2nc(-c3ccccn3)cs2)cc(C(F)(F)F)n1. The number of aromatic nitrogens is 4. The molecule has 1 N–H and O–H groups in total. The van der Waals surface area contributed by atoms with Gasteiger partial charge in [-0.2, -0.15) is 13.2 Å². The van der Waals surface area contributed by atoms with Gasteiger partial charge in [0.15, 0.2) is 5.13 Å². The Kier molecular flexibility index (Phi) is 4.45. The highest BCUT2D eigenvalue weighted by molar-refractivity contribution is 7.14. The van der Waals surface area contributed by atoms with Gasteiger partial charge in [-0.1, -0.05) is 6.07 Å². The van der Waals surface area contributed by atoms with Crippen molar-refractivity contribution in [2.24, 2.45) is 0 Å². The number of rotatable bonds is 3. The lowest BCUT2D eigenvalue weighted by Gasteiger charge is -2.08. The van der Waals surface area contributed by atoms with Gasteiger partial charge in [0.05, 0.1) is 5.69 Å². The van der Waals surface area contributed by atoms with Crippen LogP contribution in [-0.4, -0.2) is 25.8 Å². The first-order valence-electron chi connectivity index (χ1n) is 6.94. The van der Waals surface area contributed by atoms with E-state index >= 15 is 0 Å². The van der Waals surface area contributed by atoms with Gasteiger partial charge in [-0.05, 0) is 19.1 Å². The van der Waals surface area contributed by atoms with Crippen molar-refractivity contribution in [2.75, 3.05) is 5.32 Å². The molecule has 1 amide bonds. The summed E-state index contributed by atoms with van der Waals surface area (Å²) in [6.45, 7) is 1.29. The second-order valence-electron chi connectivity index (χ2n) is 4.89. The predicted molar refractivity (Wildman–Crippen MR) is 85.1 cm³/mol. The van der Waals surface area contributed by atoms with E-state index in [9.17, 15) is 18.0 Å². The Morgan fingerprint density at radius 2 is 1.96 bits per heavy atom. The molecule has 3 aromatic rings. The van der Waals surface area contributed by atoms with Gasteiger partial charge in [0.2, 0.25) is 0 Å². The lowest BCUT2D eigenvalue weighted by Crippen LogP contribution is -2.18. The summed E-state index contributed by atoms with van der Waals surface area (Å²) in [7, 11) is 0. The second-order valence-corrected chi connectivity index (χ2v) is 5.75. The number of amides is 1. The van der Waals surface area contributed by atoms with Crippen molar-refractivity contribution < 1.29 is 18.0 Å². The summed E-state index contributed by atoms with van der Waals surface area (Å²) < 4.78 is 38.4. The number of hydrogen-bond donors (Lipinski definition) is 1. The average Bonchev–Trinajstić information content (AvgIpc) is 3.03. The highest BCUT2D eigenvalue weighted by Crippen LogP contribution is 2.28. The van der Waals surface area contributed by atoms with Crippen molar-refractivity contribution in [3.63, 3.8) is 0 Å². The monoisotopic (exact) mass is 365 g/mol. The van der Waals surface area contributed by atoms with Crippen LogP contribution in [0.2, 0.25) is 0 Å². The van der Waals surface area contributed by atoms with Gasteiger partial charge in [0.1, 0.15) is 22.9 Å². The molecule has 0 radical (unpaired) electrons. The van der Waals surface area contributed by atoms with E-state index in [1.807, 2.05) is 0 Å². The molecule has 0 fully saturated rings. The third-order valence-electron chi connectivity index (χ3n) is 3.01. The van der Waals surface area contributed by atoms with Crippen molar-refractivity contribution in [3.8, 4) is 11.4 Å². The molecule has 10 heteroatoms. The number of aryl methyl sites for hydroxylation is 1. The molecule has 0 saturated heterocycles. The molecule has 6 nitrogen and oxygen atoms in total. The van der Waals surface area contributed by atoms with E-state index in [1.165, 1.54) is 6.92 Å². The van der Waals surface area contributed by atoms with Gasteiger partial charge in [-0.15, -0.1) is 11.3 Å². The maximum Gasteiger partial charge on any atom is 0.433 e. The van der Waals surface area contributed by atoms with Crippen molar-refractivity contribution in [1.82, 2.24) is 19.9 Å². The molecule has 3 aromatic heterocycles. The van der Waals surface area contributed by atoms with Gasteiger partial charge in [0, 0.05) is 17.6 Å². The Morgan fingerprint density at radius 3 is 2.64 bits per heavy atom. The molecule has 128 valence electrons. The number of carbonyl (C=O) groups excluding carboxylic acids is 1. The van der Waals surface area contributed by atoms with Gasteiger partial charge < -0.3 is 0 Å². The van der Waals surface area contributed by atoms with E-state index in [0.717, 1.165) is 11.3 Å². The Hall–Kier alpha value is -2.88. The van der Waals surface area contributed by atoms with E-state index in [2.05, 4.69) is 25.3 Å². The first kappa shape index (κ1) is 17.0. The predicted octanol–water partition coefficient (Wildman–Crippen LogP) is 3.57. The van der Waals surface area contributed by atoms with E-state index in [0.29, 0.717) is 17.5 Å². The summed E-state index contributed by atoms with van der Waals surface area (Å²) in [6, 6.07) is 5.91. The molecule has 0 aliphatic heterocycles. The molecule has 0 aliphatic carbocycles. The average molecular weight is 365 g/mol. The van der Waals surface area contributed by atoms with Crippen LogP contribution >= 0.6 is 11.3 Å². The van der Waals surface area contributed by atoms with Crippen LogP contribution in [0.25, 0.3) is 11.4 Å². The number of thiazole rings is 1. The van der Waals surface area contributed by atoms with Crippen LogP contribution in [0.1, 0.15) is 22.0 Å². The summed E-state index contributed by atoms with van der Waals surface area (Å²) in [5.74, 6) is -0.939. The van der Waals surface area contributed by atoms with Crippen LogP contribution in [-0.2, 0) is 6.18 Å². The normalized spacial score (nSPS) is 11.4. The van der Waals surface area contributed by atoms with Gasteiger partial charge >= 0.3 is 6.18 Å². The van der Waals surface area contributed by atoms with Gasteiger partial charge in [-0.3, -0.25) is 15.1 Å². The number of nitrogens with one attached hydrogen (secondary N) is 1. The zero-order valence-electron chi connectivity index (χ0n) is 12.7. The molecule has 3 rings (SSSR count). The summed E-state index contributed by atoms with van der Waals surface area (Å²) in [5.41, 5.74) is -0.375.